The van der Waals surface area contributed by atoms with Crippen LogP contribution in [0.25, 0.3) is 0 Å². The zero-order valence-corrected chi connectivity index (χ0v) is 8.51. The third kappa shape index (κ3) is 2.28. The molecule has 0 fully saturated rings. The first-order valence-corrected chi connectivity index (χ1v) is 4.72. The molecule has 4 heteroatoms. The number of anilines is 1. The molecule has 76 valence electrons. The first kappa shape index (κ1) is 9.58. The van der Waals surface area contributed by atoms with E-state index in [-0.39, 0.29) is 0 Å². The van der Waals surface area contributed by atoms with E-state index in [1.54, 1.807) is 12.4 Å². The van der Waals surface area contributed by atoms with Gasteiger partial charge in [-0.3, -0.25) is 4.98 Å². The van der Waals surface area contributed by atoms with Gasteiger partial charge in [-0.2, -0.15) is 0 Å². The van der Waals surface area contributed by atoms with E-state index in [1.807, 2.05) is 25.3 Å². The minimum atomic E-state index is 0.319. The van der Waals surface area contributed by atoms with Crippen LogP contribution < -0.4 is 5.73 Å². The molecule has 2 rings (SSSR count). The summed E-state index contributed by atoms with van der Waals surface area (Å²) in [4.78, 5) is 12.2. The van der Waals surface area contributed by atoms with Crippen molar-refractivity contribution in [2.45, 2.75) is 13.3 Å². The summed E-state index contributed by atoms with van der Waals surface area (Å²) in [5.41, 5.74) is 8.67. The lowest BCUT2D eigenvalue weighted by molar-refractivity contribution is 0.999. The minimum absolute atomic E-state index is 0.319. The molecule has 0 amide bonds. The molecule has 0 saturated carbocycles. The normalized spacial score (nSPS) is 10.2. The van der Waals surface area contributed by atoms with E-state index >= 15 is 0 Å². The monoisotopic (exact) mass is 200 g/mol. The maximum absolute atomic E-state index is 5.54. The van der Waals surface area contributed by atoms with Crippen molar-refractivity contribution in [3.63, 3.8) is 0 Å². The second kappa shape index (κ2) is 4.04. The number of nitrogens with two attached hydrogens (primary N) is 1. The number of pyridine rings is 1. The SMILES string of the molecule is Cc1cnc(N)nc1Cc1cccnc1. The van der Waals surface area contributed by atoms with Crippen LogP contribution in [0.5, 0.6) is 0 Å². The predicted molar refractivity (Wildman–Crippen MR) is 58.2 cm³/mol. The zero-order chi connectivity index (χ0) is 10.7. The summed E-state index contributed by atoms with van der Waals surface area (Å²) in [5, 5.41) is 0. The summed E-state index contributed by atoms with van der Waals surface area (Å²) in [7, 11) is 0. The molecular formula is C11H12N4. The van der Waals surface area contributed by atoms with E-state index in [1.165, 1.54) is 0 Å². The molecule has 0 aliphatic heterocycles. The van der Waals surface area contributed by atoms with E-state index in [2.05, 4.69) is 15.0 Å². The summed E-state index contributed by atoms with van der Waals surface area (Å²) < 4.78 is 0. The lowest BCUT2D eigenvalue weighted by atomic mass is 10.1. The average Bonchev–Trinajstić information content (AvgIpc) is 2.25. The smallest absolute Gasteiger partial charge is 0.220 e. The lowest BCUT2D eigenvalue weighted by Gasteiger charge is -2.04. The molecule has 2 heterocycles. The summed E-state index contributed by atoms with van der Waals surface area (Å²) >= 11 is 0. The number of rotatable bonds is 2. The number of aromatic nitrogens is 3. The van der Waals surface area contributed by atoms with Gasteiger partial charge in [0.15, 0.2) is 0 Å². The molecule has 2 aromatic heterocycles. The molecule has 15 heavy (non-hydrogen) atoms. The minimum Gasteiger partial charge on any atom is -0.368 e. The van der Waals surface area contributed by atoms with Crippen LogP contribution in [0, 0.1) is 6.92 Å². The molecule has 0 unspecified atom stereocenters. The van der Waals surface area contributed by atoms with Crippen LogP contribution in [0.1, 0.15) is 16.8 Å². The van der Waals surface area contributed by atoms with Crippen molar-refractivity contribution in [2.75, 3.05) is 5.73 Å². The van der Waals surface area contributed by atoms with Crippen LogP contribution in [0.15, 0.2) is 30.7 Å². The van der Waals surface area contributed by atoms with Gasteiger partial charge in [-0.15, -0.1) is 0 Å². The topological polar surface area (TPSA) is 64.7 Å². The Bertz CT molecular complexity index is 453. The number of nitrogens with zero attached hydrogens (tertiary/aromatic N) is 3. The standard InChI is InChI=1S/C11H12N4/c1-8-6-14-11(12)15-10(8)5-9-3-2-4-13-7-9/h2-4,6-7H,5H2,1H3,(H2,12,14,15). The van der Waals surface area contributed by atoms with Crippen molar-refractivity contribution in [1.29, 1.82) is 0 Å². The van der Waals surface area contributed by atoms with Gasteiger partial charge in [0.2, 0.25) is 5.95 Å². The van der Waals surface area contributed by atoms with E-state index in [0.29, 0.717) is 5.95 Å². The largest absolute Gasteiger partial charge is 0.368 e. The Labute approximate surface area is 88.2 Å². The lowest BCUT2D eigenvalue weighted by Crippen LogP contribution is -2.02. The van der Waals surface area contributed by atoms with Gasteiger partial charge < -0.3 is 5.73 Å². The van der Waals surface area contributed by atoms with Gasteiger partial charge in [-0.25, -0.2) is 9.97 Å². The highest BCUT2D eigenvalue weighted by atomic mass is 15.0. The van der Waals surface area contributed by atoms with E-state index < -0.39 is 0 Å². The molecule has 0 bridgehead atoms. The highest BCUT2D eigenvalue weighted by molar-refractivity contribution is 5.28. The third-order valence-electron chi connectivity index (χ3n) is 2.19. The maximum Gasteiger partial charge on any atom is 0.220 e. The van der Waals surface area contributed by atoms with Gasteiger partial charge in [0, 0.05) is 25.0 Å². The van der Waals surface area contributed by atoms with E-state index in [4.69, 9.17) is 5.73 Å². The number of hydrogen-bond acceptors (Lipinski definition) is 4. The number of aryl methyl sites for hydroxylation is 1. The summed E-state index contributed by atoms with van der Waals surface area (Å²) in [6.45, 7) is 1.98. The van der Waals surface area contributed by atoms with Crippen molar-refractivity contribution >= 4 is 5.95 Å². The highest BCUT2D eigenvalue weighted by Crippen LogP contribution is 2.10. The Morgan fingerprint density at radius 2 is 2.20 bits per heavy atom. The Morgan fingerprint density at radius 3 is 2.93 bits per heavy atom. The van der Waals surface area contributed by atoms with Crippen molar-refractivity contribution in [2.24, 2.45) is 0 Å². The molecule has 2 N–H and O–H groups in total. The molecule has 0 aliphatic carbocycles. The van der Waals surface area contributed by atoms with Gasteiger partial charge >= 0.3 is 0 Å². The van der Waals surface area contributed by atoms with Gasteiger partial charge in [-0.1, -0.05) is 6.07 Å². The maximum atomic E-state index is 5.54. The molecule has 2 aromatic rings. The quantitative estimate of drug-likeness (QED) is 0.794. The van der Waals surface area contributed by atoms with Gasteiger partial charge in [0.1, 0.15) is 0 Å². The van der Waals surface area contributed by atoms with Crippen LogP contribution in [-0.4, -0.2) is 15.0 Å². The van der Waals surface area contributed by atoms with Gasteiger partial charge in [0.05, 0.1) is 5.69 Å². The van der Waals surface area contributed by atoms with Crippen molar-refractivity contribution < 1.29 is 0 Å². The second-order valence-corrected chi connectivity index (χ2v) is 3.40. The molecule has 0 aromatic carbocycles. The molecular weight excluding hydrogens is 188 g/mol. The third-order valence-corrected chi connectivity index (χ3v) is 2.19. The molecule has 0 radical (unpaired) electrons. The van der Waals surface area contributed by atoms with Crippen molar-refractivity contribution in [3.05, 3.63) is 47.5 Å². The molecule has 4 nitrogen and oxygen atoms in total. The second-order valence-electron chi connectivity index (χ2n) is 3.40. The molecule has 0 atom stereocenters. The van der Waals surface area contributed by atoms with E-state index in [9.17, 15) is 0 Å². The highest BCUT2D eigenvalue weighted by Gasteiger charge is 2.03. The van der Waals surface area contributed by atoms with Crippen LogP contribution in [-0.2, 0) is 6.42 Å². The van der Waals surface area contributed by atoms with Crippen LogP contribution in [0.4, 0.5) is 5.95 Å². The Kier molecular flexibility index (Phi) is 2.58. The Hall–Kier alpha value is -1.97. The fraction of sp³-hybridized carbons (Fsp3) is 0.182. The van der Waals surface area contributed by atoms with Crippen LogP contribution in [0.2, 0.25) is 0 Å². The molecule has 0 spiro atoms. The number of nitrogen functional groups attached to an aromatic ring is 1. The van der Waals surface area contributed by atoms with Gasteiger partial charge in [0.25, 0.3) is 0 Å². The van der Waals surface area contributed by atoms with Crippen molar-refractivity contribution in [3.8, 4) is 0 Å². The van der Waals surface area contributed by atoms with Crippen molar-refractivity contribution in [1.82, 2.24) is 15.0 Å². The number of hydrogen-bond donors (Lipinski definition) is 1. The van der Waals surface area contributed by atoms with Crippen LogP contribution in [0.3, 0.4) is 0 Å². The van der Waals surface area contributed by atoms with E-state index in [0.717, 1.165) is 23.2 Å². The fourth-order valence-corrected chi connectivity index (χ4v) is 1.37. The predicted octanol–water partition coefficient (Wildman–Crippen LogP) is 1.35. The molecule has 0 aliphatic rings. The average molecular weight is 200 g/mol. The van der Waals surface area contributed by atoms with Gasteiger partial charge in [-0.05, 0) is 24.1 Å². The first-order chi connectivity index (χ1) is 7.25. The fourth-order valence-electron chi connectivity index (χ4n) is 1.37. The Balaban J connectivity index is 2.28. The molecule has 0 saturated heterocycles. The Morgan fingerprint density at radius 1 is 1.33 bits per heavy atom. The first-order valence-electron chi connectivity index (χ1n) is 4.72. The van der Waals surface area contributed by atoms with Crippen LogP contribution >= 0.6 is 0 Å². The summed E-state index contributed by atoms with van der Waals surface area (Å²) in [5.74, 6) is 0.319. The summed E-state index contributed by atoms with van der Waals surface area (Å²) in [6, 6.07) is 3.93. The summed E-state index contributed by atoms with van der Waals surface area (Å²) in [6.07, 6.45) is 6.07. The zero-order valence-electron chi connectivity index (χ0n) is 8.51.